The second kappa shape index (κ2) is 5.87. The van der Waals surface area contributed by atoms with Gasteiger partial charge in [-0.2, -0.15) is 0 Å². The summed E-state index contributed by atoms with van der Waals surface area (Å²) in [4.78, 5) is 0. The molecule has 2 aromatic rings. The normalized spacial score (nSPS) is 25.2. The Morgan fingerprint density at radius 1 is 0.810 bits per heavy atom. The fourth-order valence-electron chi connectivity index (χ4n) is 5.12. The highest BCUT2D eigenvalue weighted by Gasteiger charge is 2.38. The third-order valence-corrected chi connectivity index (χ3v) is 6.14. The second-order valence-electron chi connectivity index (χ2n) is 7.22. The first-order valence-electron chi connectivity index (χ1n) is 8.88. The first kappa shape index (κ1) is 13.4. The zero-order chi connectivity index (χ0) is 14.1. The van der Waals surface area contributed by atoms with Crippen molar-refractivity contribution < 1.29 is 0 Å². The topological polar surface area (TPSA) is 0 Å². The van der Waals surface area contributed by atoms with Crippen LogP contribution in [0.15, 0.2) is 42.5 Å². The Labute approximate surface area is 129 Å². The van der Waals surface area contributed by atoms with E-state index >= 15 is 0 Å². The first-order valence-corrected chi connectivity index (χ1v) is 8.88. The molecule has 4 rings (SSSR count). The minimum Gasteiger partial charge on any atom is -0.0696 e. The Hall–Kier alpha value is -1.24. The monoisotopic (exact) mass is 276 g/mol. The van der Waals surface area contributed by atoms with Gasteiger partial charge in [0.1, 0.15) is 6.71 Å². The van der Waals surface area contributed by atoms with Crippen LogP contribution in [0, 0.1) is 0 Å². The summed E-state index contributed by atoms with van der Waals surface area (Å²) < 4.78 is 0. The molecule has 0 nitrogen and oxygen atoms in total. The maximum Gasteiger partial charge on any atom is 0.146 e. The molecule has 0 amide bonds. The minimum atomic E-state index is 1.02. The van der Waals surface area contributed by atoms with Crippen LogP contribution in [0.25, 0.3) is 10.8 Å². The van der Waals surface area contributed by atoms with Crippen LogP contribution in [0.5, 0.6) is 0 Å². The molecule has 2 aliphatic heterocycles. The summed E-state index contributed by atoms with van der Waals surface area (Å²) in [5.41, 5.74) is 1.57. The van der Waals surface area contributed by atoms with Gasteiger partial charge in [-0.25, -0.2) is 0 Å². The SMILES string of the molecule is c1ccc2c(CCB3C4CCCC3CCC4)cccc2c1. The van der Waals surface area contributed by atoms with Crippen molar-refractivity contribution in [2.45, 2.75) is 62.9 Å². The van der Waals surface area contributed by atoms with Crippen molar-refractivity contribution in [3.8, 4) is 0 Å². The van der Waals surface area contributed by atoms with Gasteiger partial charge in [0.05, 0.1) is 0 Å². The molecule has 2 heterocycles. The third-order valence-electron chi connectivity index (χ3n) is 6.14. The number of fused-ring (bicyclic) bond motifs is 3. The van der Waals surface area contributed by atoms with Gasteiger partial charge >= 0.3 is 0 Å². The van der Waals surface area contributed by atoms with E-state index in [-0.39, 0.29) is 0 Å². The zero-order valence-electron chi connectivity index (χ0n) is 12.9. The maximum atomic E-state index is 2.35. The molecule has 2 aliphatic rings. The smallest absolute Gasteiger partial charge is 0.0696 e. The summed E-state index contributed by atoms with van der Waals surface area (Å²) in [6, 6.07) is 15.7. The lowest BCUT2D eigenvalue weighted by molar-refractivity contribution is 0.441. The van der Waals surface area contributed by atoms with Crippen LogP contribution >= 0.6 is 0 Å². The van der Waals surface area contributed by atoms with E-state index in [9.17, 15) is 0 Å². The molecular formula is C20H25B. The quantitative estimate of drug-likeness (QED) is 0.604. The highest BCUT2D eigenvalue weighted by atomic mass is 14.2. The van der Waals surface area contributed by atoms with E-state index in [1.807, 2.05) is 0 Å². The summed E-state index contributed by atoms with van der Waals surface area (Å²) in [5.74, 6) is 2.10. The molecular weight excluding hydrogens is 251 g/mol. The molecule has 0 N–H and O–H groups in total. The maximum absolute atomic E-state index is 2.35. The molecule has 0 aromatic heterocycles. The average Bonchev–Trinajstić information content (AvgIpc) is 2.52. The van der Waals surface area contributed by atoms with Gasteiger partial charge in [0.2, 0.25) is 0 Å². The number of aryl methyl sites for hydroxylation is 1. The summed E-state index contributed by atoms with van der Waals surface area (Å²) in [5, 5.41) is 2.87. The molecule has 1 heteroatoms. The molecule has 2 aromatic carbocycles. The molecule has 0 radical (unpaired) electrons. The molecule has 2 saturated heterocycles. The summed E-state index contributed by atoms with van der Waals surface area (Å²) >= 11 is 0. The highest BCUT2D eigenvalue weighted by molar-refractivity contribution is 6.62. The molecule has 21 heavy (non-hydrogen) atoms. The minimum absolute atomic E-state index is 1.02. The number of hydrogen-bond donors (Lipinski definition) is 0. The van der Waals surface area contributed by atoms with Crippen molar-refractivity contribution in [1.29, 1.82) is 0 Å². The largest absolute Gasteiger partial charge is 0.146 e. The van der Waals surface area contributed by atoms with E-state index in [0.29, 0.717) is 0 Å². The highest BCUT2D eigenvalue weighted by Crippen LogP contribution is 2.48. The fourth-order valence-corrected chi connectivity index (χ4v) is 5.12. The molecule has 0 unspecified atom stereocenters. The van der Waals surface area contributed by atoms with Crippen LogP contribution in [0.4, 0.5) is 0 Å². The number of hydrogen-bond acceptors (Lipinski definition) is 0. The van der Waals surface area contributed by atoms with Crippen LogP contribution in [-0.2, 0) is 6.42 Å². The zero-order valence-corrected chi connectivity index (χ0v) is 12.9. The standard InChI is InChI=1S/C20H25B/c1-2-13-20-16(6-1)7-3-8-17(20)14-15-21-18-9-4-10-19(21)12-5-11-18/h1-3,6-8,13,18-19H,4-5,9-12,14-15H2. The van der Waals surface area contributed by atoms with Crippen molar-refractivity contribution in [1.82, 2.24) is 0 Å². The van der Waals surface area contributed by atoms with Gasteiger partial charge < -0.3 is 0 Å². The van der Waals surface area contributed by atoms with Gasteiger partial charge in [0, 0.05) is 0 Å². The Balaban J connectivity index is 1.53. The lowest BCUT2D eigenvalue weighted by Crippen LogP contribution is -2.34. The van der Waals surface area contributed by atoms with Crippen LogP contribution in [0.1, 0.15) is 44.1 Å². The van der Waals surface area contributed by atoms with E-state index < -0.39 is 0 Å². The predicted molar refractivity (Wildman–Crippen MR) is 93.4 cm³/mol. The van der Waals surface area contributed by atoms with Gasteiger partial charge in [-0.1, -0.05) is 98.9 Å². The number of benzene rings is 2. The van der Waals surface area contributed by atoms with Crippen molar-refractivity contribution in [3.63, 3.8) is 0 Å². The van der Waals surface area contributed by atoms with Gasteiger partial charge in [-0.05, 0) is 22.8 Å². The summed E-state index contributed by atoms with van der Waals surface area (Å²) in [6.07, 6.45) is 11.7. The van der Waals surface area contributed by atoms with E-state index in [0.717, 1.165) is 18.3 Å². The first-order chi connectivity index (χ1) is 10.4. The van der Waals surface area contributed by atoms with Crippen LogP contribution in [-0.4, -0.2) is 6.71 Å². The van der Waals surface area contributed by atoms with Gasteiger partial charge in [-0.3, -0.25) is 0 Å². The van der Waals surface area contributed by atoms with Crippen LogP contribution in [0.2, 0.25) is 18.0 Å². The van der Waals surface area contributed by atoms with Crippen molar-refractivity contribution in [3.05, 3.63) is 48.0 Å². The van der Waals surface area contributed by atoms with Gasteiger partial charge in [-0.15, -0.1) is 0 Å². The molecule has 0 atom stereocenters. The lowest BCUT2D eigenvalue weighted by atomic mass is 9.25. The average molecular weight is 276 g/mol. The van der Waals surface area contributed by atoms with E-state index in [4.69, 9.17) is 0 Å². The van der Waals surface area contributed by atoms with Crippen LogP contribution in [0.3, 0.4) is 0 Å². The summed E-state index contributed by atoms with van der Waals surface area (Å²) in [6.45, 7) is 1.02. The lowest BCUT2D eigenvalue weighted by Gasteiger charge is -2.40. The number of rotatable bonds is 3. The van der Waals surface area contributed by atoms with Crippen molar-refractivity contribution in [2.24, 2.45) is 0 Å². The molecule has 0 saturated carbocycles. The molecule has 2 fully saturated rings. The van der Waals surface area contributed by atoms with Crippen molar-refractivity contribution in [2.75, 3.05) is 0 Å². The fraction of sp³-hybridized carbons (Fsp3) is 0.500. The Morgan fingerprint density at radius 3 is 2.24 bits per heavy atom. The van der Waals surface area contributed by atoms with E-state index in [1.165, 1.54) is 62.0 Å². The van der Waals surface area contributed by atoms with Gasteiger partial charge in [0.25, 0.3) is 0 Å². The molecule has 108 valence electrons. The molecule has 0 aliphatic carbocycles. The Bertz CT molecular complexity index is 591. The van der Waals surface area contributed by atoms with E-state index in [2.05, 4.69) is 42.5 Å². The van der Waals surface area contributed by atoms with Crippen molar-refractivity contribution >= 4 is 17.5 Å². The molecule has 0 spiro atoms. The summed E-state index contributed by atoms with van der Waals surface area (Å²) in [7, 11) is 0. The van der Waals surface area contributed by atoms with Crippen LogP contribution < -0.4 is 0 Å². The van der Waals surface area contributed by atoms with E-state index in [1.54, 1.807) is 5.56 Å². The Kier molecular flexibility index (Phi) is 3.75. The third kappa shape index (κ3) is 2.63. The molecule has 2 bridgehead atoms. The predicted octanol–water partition coefficient (Wildman–Crippen LogP) is 5.99. The van der Waals surface area contributed by atoms with Gasteiger partial charge in [0.15, 0.2) is 0 Å². The Morgan fingerprint density at radius 2 is 1.48 bits per heavy atom. The second-order valence-corrected chi connectivity index (χ2v) is 7.22.